The van der Waals surface area contributed by atoms with Crippen molar-refractivity contribution in [2.45, 2.75) is 0 Å². The molecule has 244 valence electrons. The lowest BCUT2D eigenvalue weighted by atomic mass is 9.99. The molecule has 0 bridgehead atoms. The van der Waals surface area contributed by atoms with E-state index in [2.05, 4.69) is 216 Å². The van der Waals surface area contributed by atoms with Gasteiger partial charge in [0.2, 0.25) is 0 Å². The van der Waals surface area contributed by atoms with Crippen LogP contribution in [0, 0.1) is 0 Å². The smallest absolute Gasteiger partial charge is 0.0708 e. The lowest BCUT2D eigenvalue weighted by molar-refractivity contribution is 1.24. The fourth-order valence-electron chi connectivity index (χ4n) is 7.84. The average molecular weight is 663 g/mol. The molecule has 0 saturated heterocycles. The Bertz CT molecular complexity index is 2710. The zero-order valence-electron chi connectivity index (χ0n) is 28.5. The predicted molar refractivity (Wildman–Crippen MR) is 223 cm³/mol. The number of hydrogen-bond donors (Lipinski definition) is 0. The molecule has 0 atom stereocenters. The summed E-state index contributed by atoms with van der Waals surface area (Å²) in [5.74, 6) is 0. The van der Waals surface area contributed by atoms with Crippen molar-refractivity contribution >= 4 is 88.0 Å². The van der Waals surface area contributed by atoms with Crippen LogP contribution in [-0.2, 0) is 0 Å². The third-order valence-corrected chi connectivity index (χ3v) is 10.3. The minimum Gasteiger partial charge on any atom is -0.308 e. The summed E-state index contributed by atoms with van der Waals surface area (Å²) in [6, 6.07) is 75.0. The second-order valence-corrected chi connectivity index (χ2v) is 13.4. The standard InChI is InChI=1S/C50H34N2/c1-3-17-41(18-4-1)51(43-29-27-37-25-23-35-13-9-11-21-45(35)47(37)33-43)49-31-39-15-7-8-16-40(39)32-50(49)52(42-19-5-2-6-20-42)44-30-28-38-26-24-36-14-10-12-22-46(36)48(38)34-44/h1-34H. The summed E-state index contributed by atoms with van der Waals surface area (Å²) in [4.78, 5) is 4.85. The largest absolute Gasteiger partial charge is 0.308 e. The van der Waals surface area contributed by atoms with Gasteiger partial charge in [0, 0.05) is 22.7 Å². The Morgan fingerprint density at radius 1 is 0.212 bits per heavy atom. The third kappa shape index (κ3) is 5.12. The van der Waals surface area contributed by atoms with E-state index in [1.165, 1.54) is 53.9 Å². The molecule has 2 heteroatoms. The van der Waals surface area contributed by atoms with Crippen molar-refractivity contribution in [2.75, 3.05) is 9.80 Å². The van der Waals surface area contributed by atoms with Crippen LogP contribution >= 0.6 is 0 Å². The highest BCUT2D eigenvalue weighted by Crippen LogP contribution is 2.48. The van der Waals surface area contributed by atoms with Gasteiger partial charge in [-0.1, -0.05) is 146 Å². The van der Waals surface area contributed by atoms with E-state index in [1.54, 1.807) is 0 Å². The van der Waals surface area contributed by atoms with Crippen molar-refractivity contribution in [3.8, 4) is 0 Å². The lowest BCUT2D eigenvalue weighted by Gasteiger charge is -2.34. The van der Waals surface area contributed by atoms with Gasteiger partial charge < -0.3 is 9.80 Å². The van der Waals surface area contributed by atoms with Gasteiger partial charge in [-0.05, 0) is 115 Å². The highest BCUT2D eigenvalue weighted by molar-refractivity contribution is 6.11. The van der Waals surface area contributed by atoms with Gasteiger partial charge in [0.1, 0.15) is 0 Å². The first-order valence-corrected chi connectivity index (χ1v) is 17.8. The molecule has 0 spiro atoms. The Morgan fingerprint density at radius 2 is 0.538 bits per heavy atom. The number of anilines is 6. The fraction of sp³-hybridized carbons (Fsp3) is 0. The quantitative estimate of drug-likeness (QED) is 0.164. The molecule has 0 aliphatic carbocycles. The molecule has 0 saturated carbocycles. The van der Waals surface area contributed by atoms with Crippen molar-refractivity contribution < 1.29 is 0 Å². The number of para-hydroxylation sites is 2. The Kier molecular flexibility index (Phi) is 7.18. The number of benzene rings is 10. The molecule has 0 aliphatic heterocycles. The SMILES string of the molecule is c1ccc(N(c2ccc3ccc4ccccc4c3c2)c2cc3ccccc3cc2N(c2ccccc2)c2ccc3ccc4ccccc4c3c2)cc1. The Hall–Kier alpha value is -6.90. The first-order valence-electron chi connectivity index (χ1n) is 17.8. The molecule has 10 rings (SSSR count). The Balaban J connectivity index is 1.28. The summed E-state index contributed by atoms with van der Waals surface area (Å²) in [5.41, 5.74) is 6.57. The van der Waals surface area contributed by atoms with Crippen LogP contribution in [0.25, 0.3) is 53.9 Å². The van der Waals surface area contributed by atoms with Crippen LogP contribution in [0.2, 0.25) is 0 Å². The summed E-state index contributed by atoms with van der Waals surface area (Å²) < 4.78 is 0. The number of fused-ring (bicyclic) bond motifs is 7. The van der Waals surface area contributed by atoms with E-state index in [-0.39, 0.29) is 0 Å². The van der Waals surface area contributed by atoms with E-state index < -0.39 is 0 Å². The second kappa shape index (κ2) is 12.5. The van der Waals surface area contributed by atoms with E-state index in [0.29, 0.717) is 0 Å². The second-order valence-electron chi connectivity index (χ2n) is 13.4. The van der Waals surface area contributed by atoms with Gasteiger partial charge in [0.15, 0.2) is 0 Å². The first kappa shape index (κ1) is 30.0. The van der Waals surface area contributed by atoms with Gasteiger partial charge in [-0.2, -0.15) is 0 Å². The molecule has 10 aromatic carbocycles. The van der Waals surface area contributed by atoms with E-state index in [1.807, 2.05) is 0 Å². The van der Waals surface area contributed by atoms with Crippen molar-refractivity contribution in [3.63, 3.8) is 0 Å². The fourth-order valence-corrected chi connectivity index (χ4v) is 7.84. The highest BCUT2D eigenvalue weighted by Gasteiger charge is 2.24. The molecular formula is C50H34N2. The zero-order valence-corrected chi connectivity index (χ0v) is 28.5. The van der Waals surface area contributed by atoms with Crippen molar-refractivity contribution in [2.24, 2.45) is 0 Å². The summed E-state index contributed by atoms with van der Waals surface area (Å²) >= 11 is 0. The molecule has 0 aromatic heterocycles. The summed E-state index contributed by atoms with van der Waals surface area (Å²) in [5, 5.41) is 12.3. The molecule has 2 nitrogen and oxygen atoms in total. The zero-order chi connectivity index (χ0) is 34.4. The number of hydrogen-bond acceptors (Lipinski definition) is 2. The van der Waals surface area contributed by atoms with Crippen molar-refractivity contribution in [1.82, 2.24) is 0 Å². The molecule has 0 N–H and O–H groups in total. The molecule has 0 unspecified atom stereocenters. The van der Waals surface area contributed by atoms with E-state index in [4.69, 9.17) is 0 Å². The molecule has 0 fully saturated rings. The maximum atomic E-state index is 2.43. The van der Waals surface area contributed by atoms with Crippen molar-refractivity contribution in [1.29, 1.82) is 0 Å². The van der Waals surface area contributed by atoms with Crippen LogP contribution in [0.5, 0.6) is 0 Å². The molecule has 0 aliphatic rings. The van der Waals surface area contributed by atoms with Gasteiger partial charge in [0.25, 0.3) is 0 Å². The van der Waals surface area contributed by atoms with Crippen LogP contribution in [0.15, 0.2) is 206 Å². The van der Waals surface area contributed by atoms with Gasteiger partial charge in [-0.15, -0.1) is 0 Å². The van der Waals surface area contributed by atoms with Crippen molar-refractivity contribution in [3.05, 3.63) is 206 Å². The van der Waals surface area contributed by atoms with Gasteiger partial charge >= 0.3 is 0 Å². The Labute approximate surface area is 303 Å². The van der Waals surface area contributed by atoms with Crippen LogP contribution in [-0.4, -0.2) is 0 Å². The van der Waals surface area contributed by atoms with Gasteiger partial charge in [0.05, 0.1) is 11.4 Å². The first-order chi connectivity index (χ1) is 25.8. The topological polar surface area (TPSA) is 6.48 Å². The summed E-state index contributed by atoms with van der Waals surface area (Å²) in [6.07, 6.45) is 0. The average Bonchev–Trinajstić information content (AvgIpc) is 3.22. The molecular weight excluding hydrogens is 629 g/mol. The lowest BCUT2D eigenvalue weighted by Crippen LogP contribution is -2.17. The minimum atomic E-state index is 1.09. The predicted octanol–water partition coefficient (Wildman–Crippen LogP) is 14.4. The Morgan fingerprint density at radius 3 is 0.962 bits per heavy atom. The van der Waals surface area contributed by atoms with Crippen LogP contribution in [0.4, 0.5) is 34.1 Å². The maximum absolute atomic E-state index is 2.43. The van der Waals surface area contributed by atoms with Crippen LogP contribution < -0.4 is 9.80 Å². The van der Waals surface area contributed by atoms with E-state index in [0.717, 1.165) is 34.1 Å². The minimum absolute atomic E-state index is 1.09. The maximum Gasteiger partial charge on any atom is 0.0708 e. The summed E-state index contributed by atoms with van der Waals surface area (Å²) in [6.45, 7) is 0. The normalized spacial score (nSPS) is 11.5. The monoisotopic (exact) mass is 662 g/mol. The van der Waals surface area contributed by atoms with Crippen LogP contribution in [0.3, 0.4) is 0 Å². The summed E-state index contributed by atoms with van der Waals surface area (Å²) in [7, 11) is 0. The van der Waals surface area contributed by atoms with E-state index >= 15 is 0 Å². The molecule has 10 aromatic rings. The molecule has 52 heavy (non-hydrogen) atoms. The number of rotatable bonds is 6. The molecule has 0 heterocycles. The van der Waals surface area contributed by atoms with Gasteiger partial charge in [-0.3, -0.25) is 0 Å². The van der Waals surface area contributed by atoms with Crippen LogP contribution in [0.1, 0.15) is 0 Å². The molecule has 0 amide bonds. The van der Waals surface area contributed by atoms with Gasteiger partial charge in [-0.25, -0.2) is 0 Å². The van der Waals surface area contributed by atoms with E-state index in [9.17, 15) is 0 Å². The third-order valence-electron chi connectivity index (χ3n) is 10.3. The molecule has 0 radical (unpaired) electrons. The highest BCUT2D eigenvalue weighted by atomic mass is 15.2. The number of nitrogens with zero attached hydrogens (tertiary/aromatic N) is 2.